The first kappa shape index (κ1) is 28.2. The fourth-order valence-corrected chi connectivity index (χ4v) is 1.49. The van der Waals surface area contributed by atoms with E-state index in [4.69, 9.17) is 0 Å². The fraction of sp³-hybridized carbons (Fsp3) is 0.455. The molecule has 0 amide bonds. The lowest BCUT2D eigenvalue weighted by atomic mass is 9.92. The van der Waals surface area contributed by atoms with Crippen molar-refractivity contribution < 1.29 is 26.3 Å². The molecular formula is C22H30F6. The summed E-state index contributed by atoms with van der Waals surface area (Å²) in [4.78, 5) is 0. The van der Waals surface area contributed by atoms with Crippen LogP contribution in [0.25, 0.3) is 0 Å². The molecule has 0 saturated carbocycles. The molecule has 160 valence electrons. The zero-order chi connectivity index (χ0) is 21.5. The third-order valence-corrected chi connectivity index (χ3v) is 4.27. The van der Waals surface area contributed by atoms with Gasteiger partial charge in [-0.1, -0.05) is 56.0 Å². The first-order valence-electron chi connectivity index (χ1n) is 8.29. The lowest BCUT2D eigenvalue weighted by molar-refractivity contribution is -0.327. The molecule has 0 saturated heterocycles. The van der Waals surface area contributed by atoms with Gasteiger partial charge in [0.1, 0.15) is 0 Å². The van der Waals surface area contributed by atoms with Crippen LogP contribution in [0, 0.1) is 33.1 Å². The number of hydrogen-bond donors (Lipinski definition) is 0. The van der Waals surface area contributed by atoms with Crippen LogP contribution >= 0.6 is 0 Å². The highest BCUT2D eigenvalue weighted by Gasteiger charge is 2.64. The molecule has 0 aliphatic heterocycles. The maximum Gasteiger partial charge on any atom is 0.402 e. The molecule has 0 N–H and O–H groups in total. The van der Waals surface area contributed by atoms with Gasteiger partial charge in [-0.3, -0.25) is 0 Å². The van der Waals surface area contributed by atoms with Gasteiger partial charge in [0.25, 0.3) is 0 Å². The maximum absolute atomic E-state index is 11.6. The summed E-state index contributed by atoms with van der Waals surface area (Å²) >= 11 is 0. The minimum absolute atomic E-state index is 0. The van der Waals surface area contributed by atoms with Crippen molar-refractivity contribution in [2.24, 2.45) is 5.41 Å². The van der Waals surface area contributed by atoms with E-state index < -0.39 is 17.8 Å². The summed E-state index contributed by atoms with van der Waals surface area (Å²) in [6.45, 7) is 8.69. The number of alkyl halides is 6. The molecule has 0 aliphatic carbocycles. The van der Waals surface area contributed by atoms with E-state index in [1.807, 2.05) is 0 Å². The Morgan fingerprint density at radius 1 is 0.500 bits per heavy atom. The molecular weight excluding hydrogens is 378 g/mol. The topological polar surface area (TPSA) is 0 Å². The van der Waals surface area contributed by atoms with Gasteiger partial charge in [-0.2, -0.15) is 26.3 Å². The number of aryl methyl sites for hydroxylation is 4. The smallest absolute Gasteiger partial charge is 0.170 e. The molecule has 0 radical (unpaired) electrons. The Bertz CT molecular complexity index is 595. The maximum atomic E-state index is 11.6. The lowest BCUT2D eigenvalue weighted by Crippen LogP contribution is -2.44. The number of benzene rings is 2. The third kappa shape index (κ3) is 8.81. The van der Waals surface area contributed by atoms with E-state index in [9.17, 15) is 26.3 Å². The predicted octanol–water partition coefficient (Wildman–Crippen LogP) is 8.38. The highest BCUT2D eigenvalue weighted by molar-refractivity contribution is 5.24. The second-order valence-electron chi connectivity index (χ2n) is 6.79. The van der Waals surface area contributed by atoms with E-state index in [2.05, 4.69) is 76.2 Å². The molecule has 6 heteroatoms. The zero-order valence-corrected chi connectivity index (χ0v) is 16.4. The minimum Gasteiger partial charge on any atom is -0.170 e. The number of hydrogen-bond acceptors (Lipinski definition) is 0. The van der Waals surface area contributed by atoms with Crippen molar-refractivity contribution >= 4 is 0 Å². The summed E-state index contributed by atoms with van der Waals surface area (Å²) in [5.74, 6) is 0. The molecule has 0 aliphatic rings. The van der Waals surface area contributed by atoms with Crippen molar-refractivity contribution in [3.8, 4) is 0 Å². The van der Waals surface area contributed by atoms with Crippen LogP contribution < -0.4 is 0 Å². The average molecular weight is 408 g/mol. The second-order valence-corrected chi connectivity index (χ2v) is 6.79. The van der Waals surface area contributed by atoms with Gasteiger partial charge in [0.05, 0.1) is 0 Å². The fourth-order valence-electron chi connectivity index (χ4n) is 1.49. The molecule has 2 rings (SSSR count). The summed E-state index contributed by atoms with van der Waals surface area (Å²) in [7, 11) is 0. The van der Waals surface area contributed by atoms with E-state index in [1.54, 1.807) is 0 Å². The molecule has 2 aromatic rings. The number of halogens is 6. The van der Waals surface area contributed by atoms with Gasteiger partial charge in [-0.25, -0.2) is 0 Å². The van der Waals surface area contributed by atoms with E-state index in [1.165, 1.54) is 22.3 Å². The van der Waals surface area contributed by atoms with Crippen LogP contribution in [-0.4, -0.2) is 12.4 Å². The highest BCUT2D eigenvalue weighted by Crippen LogP contribution is 2.49. The first-order valence-corrected chi connectivity index (χ1v) is 8.29. The monoisotopic (exact) mass is 408 g/mol. The van der Waals surface area contributed by atoms with Crippen LogP contribution in [0.2, 0.25) is 0 Å². The second kappa shape index (κ2) is 11.1. The van der Waals surface area contributed by atoms with Crippen LogP contribution in [0.1, 0.15) is 43.5 Å². The quantitative estimate of drug-likeness (QED) is 0.384. The molecule has 2 aromatic carbocycles. The summed E-state index contributed by atoms with van der Waals surface area (Å²) in [6.07, 6.45) is -10.5. The van der Waals surface area contributed by atoms with Gasteiger partial charge < -0.3 is 0 Å². The van der Waals surface area contributed by atoms with Gasteiger partial charge in [0, 0.05) is 0 Å². The first-order chi connectivity index (χ1) is 12.1. The van der Waals surface area contributed by atoms with Gasteiger partial charge >= 0.3 is 12.4 Å². The van der Waals surface area contributed by atoms with Crippen molar-refractivity contribution in [2.75, 3.05) is 0 Å². The standard InChI is InChI=1S/2C8H10.C5H6F6.CH4/c2*1-7-5-3-4-6-8(7)2;1-3(2,4(6,7)8)5(9,10)11;/h2*3-6H,1-2H3;1-2H3;1H4. The molecule has 0 nitrogen and oxygen atoms in total. The Kier molecular flexibility index (Phi) is 11.2. The van der Waals surface area contributed by atoms with E-state index in [0.29, 0.717) is 0 Å². The van der Waals surface area contributed by atoms with Crippen LogP contribution in [0.5, 0.6) is 0 Å². The summed E-state index contributed by atoms with van der Waals surface area (Å²) in [5.41, 5.74) is 1.85. The van der Waals surface area contributed by atoms with E-state index in [0.717, 1.165) is 0 Å². The molecule has 0 atom stereocenters. The van der Waals surface area contributed by atoms with Crippen LogP contribution in [0.3, 0.4) is 0 Å². The molecule has 0 unspecified atom stereocenters. The largest absolute Gasteiger partial charge is 0.402 e. The summed E-state index contributed by atoms with van der Waals surface area (Å²) in [5, 5.41) is 0. The Labute approximate surface area is 164 Å². The Balaban J connectivity index is 0. The van der Waals surface area contributed by atoms with Crippen molar-refractivity contribution in [1.29, 1.82) is 0 Å². The molecule has 0 bridgehead atoms. The zero-order valence-electron chi connectivity index (χ0n) is 16.4. The Hall–Kier alpha value is -1.98. The van der Waals surface area contributed by atoms with Gasteiger partial charge in [0.15, 0.2) is 5.41 Å². The third-order valence-electron chi connectivity index (χ3n) is 4.27. The highest BCUT2D eigenvalue weighted by atomic mass is 19.4. The van der Waals surface area contributed by atoms with Gasteiger partial charge in [-0.05, 0) is 63.8 Å². The molecule has 28 heavy (non-hydrogen) atoms. The molecule has 0 heterocycles. The SMILES string of the molecule is C.CC(C)(C(F)(F)F)C(F)(F)F.Cc1ccccc1C.Cc1ccccc1C. The van der Waals surface area contributed by atoms with Crippen LogP contribution in [-0.2, 0) is 0 Å². The normalized spacial score (nSPS) is 11.3. The lowest BCUT2D eigenvalue weighted by Gasteiger charge is -2.29. The van der Waals surface area contributed by atoms with Gasteiger partial charge in [0.2, 0.25) is 0 Å². The predicted molar refractivity (Wildman–Crippen MR) is 104 cm³/mol. The van der Waals surface area contributed by atoms with Crippen molar-refractivity contribution in [1.82, 2.24) is 0 Å². The van der Waals surface area contributed by atoms with E-state index in [-0.39, 0.29) is 21.3 Å². The van der Waals surface area contributed by atoms with Crippen molar-refractivity contribution in [3.05, 3.63) is 70.8 Å². The summed E-state index contributed by atoms with van der Waals surface area (Å²) < 4.78 is 69.7. The van der Waals surface area contributed by atoms with Crippen molar-refractivity contribution in [3.63, 3.8) is 0 Å². The molecule has 0 fully saturated rings. The molecule has 0 aromatic heterocycles. The number of rotatable bonds is 0. The molecule has 0 spiro atoms. The van der Waals surface area contributed by atoms with Crippen molar-refractivity contribution in [2.45, 2.75) is 61.3 Å². The Morgan fingerprint density at radius 2 is 0.679 bits per heavy atom. The minimum atomic E-state index is -5.24. The van der Waals surface area contributed by atoms with Crippen LogP contribution in [0.4, 0.5) is 26.3 Å². The summed E-state index contributed by atoms with van der Waals surface area (Å²) in [6, 6.07) is 16.7. The Morgan fingerprint density at radius 3 is 0.750 bits per heavy atom. The van der Waals surface area contributed by atoms with Gasteiger partial charge in [-0.15, -0.1) is 0 Å². The average Bonchev–Trinajstić information content (AvgIpc) is 2.52. The van der Waals surface area contributed by atoms with E-state index >= 15 is 0 Å². The van der Waals surface area contributed by atoms with Crippen LogP contribution in [0.15, 0.2) is 48.5 Å².